The highest BCUT2D eigenvalue weighted by Gasteiger charge is 2.25. The first-order valence-corrected chi connectivity index (χ1v) is 6.00. The zero-order chi connectivity index (χ0) is 10.9. The minimum absolute atomic E-state index is 0.155. The number of rotatable bonds is 4. The van der Waals surface area contributed by atoms with Crippen LogP contribution in [-0.2, 0) is 5.41 Å². The van der Waals surface area contributed by atoms with Gasteiger partial charge in [0.2, 0.25) is 0 Å². The molecule has 0 radical (unpaired) electrons. The van der Waals surface area contributed by atoms with Crippen LogP contribution in [0.25, 0.3) is 0 Å². The van der Waals surface area contributed by atoms with Crippen LogP contribution in [0.15, 0.2) is 24.3 Å². The number of nitrogens with two attached hydrogens (primary N) is 1. The Kier molecular flexibility index (Phi) is 2.83. The highest BCUT2D eigenvalue weighted by Crippen LogP contribution is 2.40. The number of hydrogen-bond donors (Lipinski definition) is 1. The van der Waals surface area contributed by atoms with Crippen LogP contribution in [0.3, 0.4) is 0 Å². The molecule has 15 heavy (non-hydrogen) atoms. The Morgan fingerprint density at radius 1 is 1.27 bits per heavy atom. The highest BCUT2D eigenvalue weighted by atomic mass is 14.6. The van der Waals surface area contributed by atoms with Crippen molar-refractivity contribution in [2.45, 2.75) is 44.4 Å². The lowest BCUT2D eigenvalue weighted by Gasteiger charge is -2.27. The maximum absolute atomic E-state index is 5.86. The molecule has 1 aliphatic carbocycles. The summed E-state index contributed by atoms with van der Waals surface area (Å²) >= 11 is 0. The van der Waals surface area contributed by atoms with E-state index in [9.17, 15) is 0 Å². The fourth-order valence-electron chi connectivity index (χ4n) is 2.04. The maximum atomic E-state index is 5.86. The van der Waals surface area contributed by atoms with E-state index in [4.69, 9.17) is 5.73 Å². The van der Waals surface area contributed by atoms with Crippen molar-refractivity contribution in [2.24, 2.45) is 5.73 Å². The van der Waals surface area contributed by atoms with E-state index in [0.717, 1.165) is 18.9 Å². The van der Waals surface area contributed by atoms with Crippen molar-refractivity contribution in [3.05, 3.63) is 35.4 Å². The normalized spacial score (nSPS) is 19.9. The van der Waals surface area contributed by atoms with Crippen LogP contribution >= 0.6 is 0 Å². The van der Waals surface area contributed by atoms with Crippen LogP contribution in [0, 0.1) is 0 Å². The summed E-state index contributed by atoms with van der Waals surface area (Å²) in [5.41, 5.74) is 8.91. The number of benzene rings is 1. The van der Waals surface area contributed by atoms with Crippen molar-refractivity contribution in [1.82, 2.24) is 0 Å². The van der Waals surface area contributed by atoms with Crippen molar-refractivity contribution >= 4 is 0 Å². The molecule has 0 aliphatic heterocycles. The Morgan fingerprint density at radius 3 is 2.27 bits per heavy atom. The van der Waals surface area contributed by atoms with Gasteiger partial charge in [-0.25, -0.2) is 0 Å². The molecule has 0 aromatic heterocycles. The molecule has 2 N–H and O–H groups in total. The van der Waals surface area contributed by atoms with Crippen LogP contribution in [0.1, 0.15) is 50.2 Å². The summed E-state index contributed by atoms with van der Waals surface area (Å²) in [6.07, 6.45) is 3.86. The maximum Gasteiger partial charge on any atom is 0.00447 e. The molecule has 82 valence electrons. The summed E-state index contributed by atoms with van der Waals surface area (Å²) in [6.45, 7) is 5.19. The third-order valence-corrected chi connectivity index (χ3v) is 3.89. The van der Waals surface area contributed by atoms with E-state index in [2.05, 4.69) is 38.1 Å². The molecule has 0 spiro atoms. The predicted octanol–water partition coefficient (Wildman–Crippen LogP) is 3.19. The molecule has 0 bridgehead atoms. The van der Waals surface area contributed by atoms with E-state index < -0.39 is 0 Å². The predicted molar refractivity (Wildman–Crippen MR) is 65.1 cm³/mol. The van der Waals surface area contributed by atoms with Crippen molar-refractivity contribution < 1.29 is 0 Å². The third-order valence-electron chi connectivity index (χ3n) is 3.89. The van der Waals surface area contributed by atoms with Crippen LogP contribution < -0.4 is 5.73 Å². The van der Waals surface area contributed by atoms with Crippen molar-refractivity contribution in [3.63, 3.8) is 0 Å². The van der Waals surface area contributed by atoms with Gasteiger partial charge in [0, 0.05) is 12.0 Å². The molecule has 1 unspecified atom stereocenters. The average Bonchev–Trinajstić information content (AvgIpc) is 3.12. The Labute approximate surface area is 92.7 Å². The molecule has 0 saturated heterocycles. The summed E-state index contributed by atoms with van der Waals surface area (Å²) in [7, 11) is 0. The van der Waals surface area contributed by atoms with E-state index in [-0.39, 0.29) is 5.41 Å². The fourth-order valence-corrected chi connectivity index (χ4v) is 2.04. The lowest BCUT2D eigenvalue weighted by atomic mass is 9.80. The average molecular weight is 203 g/mol. The Hall–Kier alpha value is -0.820. The van der Waals surface area contributed by atoms with Crippen molar-refractivity contribution in [2.75, 3.05) is 6.54 Å². The Bertz CT molecular complexity index is 318. The first-order valence-electron chi connectivity index (χ1n) is 6.00. The standard InChI is InChI=1S/C14H21N/c1-3-14(2,10-15)13-8-6-12(7-9-13)11-4-5-11/h6-9,11H,3-5,10,15H2,1-2H3. The van der Waals surface area contributed by atoms with Crippen LogP contribution in [0.4, 0.5) is 0 Å². The molecule has 1 saturated carbocycles. The van der Waals surface area contributed by atoms with Gasteiger partial charge in [0.15, 0.2) is 0 Å². The largest absolute Gasteiger partial charge is 0.330 e. The summed E-state index contributed by atoms with van der Waals surface area (Å²) in [5, 5.41) is 0. The first-order chi connectivity index (χ1) is 7.19. The lowest BCUT2D eigenvalue weighted by molar-refractivity contribution is 0.467. The lowest BCUT2D eigenvalue weighted by Crippen LogP contribution is -2.30. The van der Waals surface area contributed by atoms with E-state index in [1.807, 2.05) is 0 Å². The van der Waals surface area contributed by atoms with Gasteiger partial charge in [-0.15, -0.1) is 0 Å². The van der Waals surface area contributed by atoms with Crippen molar-refractivity contribution in [1.29, 1.82) is 0 Å². The first kappa shape index (κ1) is 10.7. The summed E-state index contributed by atoms with van der Waals surface area (Å²) in [4.78, 5) is 0. The third kappa shape index (κ3) is 2.07. The molecule has 1 aromatic carbocycles. The van der Waals surface area contributed by atoms with E-state index in [1.54, 1.807) is 0 Å². The number of hydrogen-bond acceptors (Lipinski definition) is 1. The molecular weight excluding hydrogens is 182 g/mol. The van der Waals surface area contributed by atoms with Gasteiger partial charge in [-0.2, -0.15) is 0 Å². The summed E-state index contributed by atoms with van der Waals surface area (Å²) < 4.78 is 0. The van der Waals surface area contributed by atoms with E-state index in [1.165, 1.54) is 24.0 Å². The summed E-state index contributed by atoms with van der Waals surface area (Å²) in [6, 6.07) is 9.11. The smallest absolute Gasteiger partial charge is 0.00447 e. The van der Waals surface area contributed by atoms with Gasteiger partial charge in [0.05, 0.1) is 0 Å². The fraction of sp³-hybridized carbons (Fsp3) is 0.571. The molecule has 2 rings (SSSR count). The SMILES string of the molecule is CCC(C)(CN)c1ccc(C2CC2)cc1. The molecule has 0 amide bonds. The van der Waals surface area contributed by atoms with E-state index in [0.29, 0.717) is 0 Å². The Balaban J connectivity index is 2.21. The van der Waals surface area contributed by atoms with Gasteiger partial charge < -0.3 is 5.73 Å². The zero-order valence-corrected chi connectivity index (χ0v) is 9.79. The molecule has 1 aromatic rings. The van der Waals surface area contributed by atoms with Crippen LogP contribution in [-0.4, -0.2) is 6.54 Å². The van der Waals surface area contributed by atoms with Gasteiger partial charge in [0.1, 0.15) is 0 Å². The molecule has 1 heteroatoms. The Morgan fingerprint density at radius 2 is 1.87 bits per heavy atom. The van der Waals surface area contributed by atoms with Gasteiger partial charge in [0.25, 0.3) is 0 Å². The van der Waals surface area contributed by atoms with Crippen LogP contribution in [0.2, 0.25) is 0 Å². The van der Waals surface area contributed by atoms with E-state index >= 15 is 0 Å². The van der Waals surface area contributed by atoms with Gasteiger partial charge in [-0.3, -0.25) is 0 Å². The van der Waals surface area contributed by atoms with Crippen LogP contribution in [0.5, 0.6) is 0 Å². The summed E-state index contributed by atoms with van der Waals surface area (Å²) in [5.74, 6) is 0.852. The van der Waals surface area contributed by atoms with Gasteiger partial charge in [-0.1, -0.05) is 38.1 Å². The highest BCUT2D eigenvalue weighted by molar-refractivity contribution is 5.32. The van der Waals surface area contributed by atoms with Gasteiger partial charge >= 0.3 is 0 Å². The minimum Gasteiger partial charge on any atom is -0.330 e. The minimum atomic E-state index is 0.155. The molecular formula is C14H21N. The second-order valence-electron chi connectivity index (χ2n) is 5.01. The second-order valence-corrected chi connectivity index (χ2v) is 5.01. The second kappa shape index (κ2) is 3.97. The van der Waals surface area contributed by atoms with Gasteiger partial charge in [-0.05, 0) is 36.3 Å². The molecule has 0 heterocycles. The monoisotopic (exact) mass is 203 g/mol. The topological polar surface area (TPSA) is 26.0 Å². The molecule has 1 atom stereocenters. The molecule has 1 aliphatic rings. The molecule has 1 nitrogen and oxygen atoms in total. The molecule has 1 fully saturated rings. The van der Waals surface area contributed by atoms with Crippen molar-refractivity contribution in [3.8, 4) is 0 Å². The zero-order valence-electron chi connectivity index (χ0n) is 9.79. The quantitative estimate of drug-likeness (QED) is 0.799.